The van der Waals surface area contributed by atoms with Crippen molar-refractivity contribution in [2.24, 2.45) is 4.99 Å². The SMILES string of the molecule is C=CC(=O)N1CCC(Oc2cc3c(Nc4cc(/C=C/C=N\C)ccc4OC)ncnc3cc2OC)C1. The molecule has 2 aromatic carbocycles. The van der Waals surface area contributed by atoms with Gasteiger partial charge in [-0.3, -0.25) is 9.79 Å². The van der Waals surface area contributed by atoms with Gasteiger partial charge in [0.2, 0.25) is 5.91 Å². The highest BCUT2D eigenvalue weighted by atomic mass is 16.5. The highest BCUT2D eigenvalue weighted by Gasteiger charge is 2.27. The monoisotopic (exact) mass is 487 g/mol. The minimum absolute atomic E-state index is 0.0977. The van der Waals surface area contributed by atoms with Crippen LogP contribution in [0, 0.1) is 0 Å². The lowest BCUT2D eigenvalue weighted by atomic mass is 10.1. The van der Waals surface area contributed by atoms with Crippen molar-refractivity contribution < 1.29 is 19.0 Å². The molecule has 1 aromatic heterocycles. The van der Waals surface area contributed by atoms with Gasteiger partial charge >= 0.3 is 0 Å². The van der Waals surface area contributed by atoms with Crippen LogP contribution >= 0.6 is 0 Å². The summed E-state index contributed by atoms with van der Waals surface area (Å²) in [5.41, 5.74) is 2.42. The Bertz CT molecular complexity index is 1320. The van der Waals surface area contributed by atoms with E-state index in [-0.39, 0.29) is 12.0 Å². The van der Waals surface area contributed by atoms with Crippen LogP contribution in [0.1, 0.15) is 12.0 Å². The van der Waals surface area contributed by atoms with Crippen LogP contribution in [0.3, 0.4) is 0 Å². The molecule has 36 heavy (non-hydrogen) atoms. The average molecular weight is 488 g/mol. The fourth-order valence-corrected chi connectivity index (χ4v) is 4.04. The van der Waals surface area contributed by atoms with Crippen LogP contribution in [0.5, 0.6) is 17.2 Å². The van der Waals surface area contributed by atoms with Gasteiger partial charge in [-0.1, -0.05) is 18.7 Å². The lowest BCUT2D eigenvalue weighted by Gasteiger charge is -2.18. The topological polar surface area (TPSA) is 98.2 Å². The number of hydrogen-bond donors (Lipinski definition) is 1. The summed E-state index contributed by atoms with van der Waals surface area (Å²) < 4.78 is 17.4. The molecular formula is C27H29N5O4. The first-order chi connectivity index (χ1) is 17.6. The third kappa shape index (κ3) is 5.46. The number of methoxy groups -OCH3 is 2. The summed E-state index contributed by atoms with van der Waals surface area (Å²) in [6.45, 7) is 4.67. The van der Waals surface area contributed by atoms with E-state index in [0.29, 0.717) is 41.7 Å². The number of likely N-dealkylation sites (tertiary alicyclic amines) is 1. The lowest BCUT2D eigenvalue weighted by Crippen LogP contribution is -2.29. The molecule has 1 fully saturated rings. The van der Waals surface area contributed by atoms with Gasteiger partial charge in [-0.15, -0.1) is 0 Å². The zero-order chi connectivity index (χ0) is 25.5. The molecule has 0 radical (unpaired) electrons. The van der Waals surface area contributed by atoms with Gasteiger partial charge in [0, 0.05) is 37.7 Å². The Kier molecular flexibility index (Phi) is 7.79. The number of anilines is 2. The van der Waals surface area contributed by atoms with Gasteiger partial charge in [-0.05, 0) is 35.9 Å². The van der Waals surface area contributed by atoms with Crippen molar-refractivity contribution in [3.8, 4) is 17.2 Å². The first kappa shape index (κ1) is 24.7. The van der Waals surface area contributed by atoms with Gasteiger partial charge in [0.25, 0.3) is 0 Å². The number of amides is 1. The second-order valence-electron chi connectivity index (χ2n) is 8.11. The van der Waals surface area contributed by atoms with Crippen molar-refractivity contribution in [1.29, 1.82) is 0 Å². The summed E-state index contributed by atoms with van der Waals surface area (Å²) in [6.07, 6.45) is 8.93. The molecule has 0 aliphatic carbocycles. The number of aromatic nitrogens is 2. The second-order valence-corrected chi connectivity index (χ2v) is 8.11. The summed E-state index contributed by atoms with van der Waals surface area (Å²) in [5, 5.41) is 4.14. The molecule has 9 nitrogen and oxygen atoms in total. The highest BCUT2D eigenvalue weighted by Crippen LogP contribution is 2.37. The molecule has 1 unspecified atom stereocenters. The molecule has 0 spiro atoms. The van der Waals surface area contributed by atoms with E-state index in [1.807, 2.05) is 42.5 Å². The van der Waals surface area contributed by atoms with Gasteiger partial charge in [-0.2, -0.15) is 0 Å². The van der Waals surface area contributed by atoms with Gasteiger partial charge in [-0.25, -0.2) is 9.97 Å². The van der Waals surface area contributed by atoms with E-state index in [1.54, 1.807) is 32.4 Å². The first-order valence-electron chi connectivity index (χ1n) is 11.5. The van der Waals surface area contributed by atoms with Gasteiger partial charge in [0.1, 0.15) is 24.0 Å². The number of carbonyl (C=O) groups excluding carboxylic acids is 1. The van der Waals surface area contributed by atoms with Crippen LogP contribution in [0.2, 0.25) is 0 Å². The van der Waals surface area contributed by atoms with Crippen molar-refractivity contribution in [3.63, 3.8) is 0 Å². The number of nitrogens with one attached hydrogen (secondary N) is 1. The zero-order valence-electron chi connectivity index (χ0n) is 20.6. The third-order valence-corrected chi connectivity index (χ3v) is 5.85. The Hall–Kier alpha value is -4.40. The summed E-state index contributed by atoms with van der Waals surface area (Å²) in [6, 6.07) is 9.50. The van der Waals surface area contributed by atoms with E-state index >= 15 is 0 Å². The predicted molar refractivity (Wildman–Crippen MR) is 142 cm³/mol. The predicted octanol–water partition coefficient (Wildman–Crippen LogP) is 4.27. The Morgan fingerprint density at radius 3 is 2.75 bits per heavy atom. The quantitative estimate of drug-likeness (QED) is 0.356. The van der Waals surface area contributed by atoms with Crippen molar-refractivity contribution in [3.05, 3.63) is 61.0 Å². The molecule has 9 heteroatoms. The molecule has 0 bridgehead atoms. The van der Waals surface area contributed by atoms with E-state index in [1.165, 1.54) is 12.4 Å². The van der Waals surface area contributed by atoms with Crippen LogP contribution in [-0.2, 0) is 4.79 Å². The molecule has 1 atom stereocenters. The molecule has 0 saturated carbocycles. The van der Waals surface area contributed by atoms with Gasteiger partial charge in [0.05, 0.1) is 32.0 Å². The van der Waals surface area contributed by atoms with Crippen LogP contribution in [0.4, 0.5) is 11.5 Å². The second kappa shape index (κ2) is 11.4. The number of rotatable bonds is 9. The standard InChI is InChI=1S/C27H29N5O4/c1-5-26(33)32-12-10-19(16-32)36-25-14-20-21(15-24(25)35-4)29-17-30-27(20)31-22-13-18(7-6-11-28-2)8-9-23(22)34-3/h5-9,11,13-15,17,19H,1,10,12,16H2,2-4H3,(H,29,30,31)/b7-6+,28-11-. The van der Waals surface area contributed by atoms with E-state index in [4.69, 9.17) is 14.2 Å². The number of nitrogens with zero attached hydrogens (tertiary/aromatic N) is 4. The number of carbonyl (C=O) groups is 1. The molecule has 1 amide bonds. The maximum absolute atomic E-state index is 12.0. The maximum atomic E-state index is 12.0. The van der Waals surface area contributed by atoms with Crippen LogP contribution in [0.15, 0.2) is 60.4 Å². The summed E-state index contributed by atoms with van der Waals surface area (Å²) in [5.74, 6) is 2.29. The van der Waals surface area contributed by atoms with E-state index in [9.17, 15) is 4.79 Å². The highest BCUT2D eigenvalue weighted by molar-refractivity contribution is 5.93. The number of hydrogen-bond acceptors (Lipinski definition) is 8. The number of allylic oxidation sites excluding steroid dienone is 1. The Morgan fingerprint density at radius 2 is 2.00 bits per heavy atom. The molecule has 3 aromatic rings. The molecule has 1 aliphatic rings. The number of benzene rings is 2. The van der Waals surface area contributed by atoms with Crippen molar-refractivity contribution in [2.75, 3.05) is 39.7 Å². The van der Waals surface area contributed by atoms with Crippen LogP contribution in [-0.4, -0.2) is 67.5 Å². The number of aliphatic imine (C=N–C) groups is 1. The zero-order valence-corrected chi connectivity index (χ0v) is 20.6. The van der Waals surface area contributed by atoms with Crippen molar-refractivity contribution in [2.45, 2.75) is 12.5 Å². The molecule has 186 valence electrons. The molecule has 4 rings (SSSR count). The molecular weight excluding hydrogens is 458 g/mol. The van der Waals surface area contributed by atoms with Gasteiger partial charge < -0.3 is 24.4 Å². The average Bonchev–Trinajstić information content (AvgIpc) is 3.37. The molecule has 2 heterocycles. The van der Waals surface area contributed by atoms with Crippen molar-refractivity contribution in [1.82, 2.24) is 14.9 Å². The lowest BCUT2D eigenvalue weighted by molar-refractivity contribution is -0.125. The van der Waals surface area contributed by atoms with Crippen molar-refractivity contribution >= 4 is 40.6 Å². The number of fused-ring (bicyclic) bond motifs is 1. The summed E-state index contributed by atoms with van der Waals surface area (Å²) >= 11 is 0. The van der Waals surface area contributed by atoms with Crippen LogP contribution in [0.25, 0.3) is 17.0 Å². The Balaban J connectivity index is 1.66. The van der Waals surface area contributed by atoms with E-state index in [0.717, 1.165) is 23.1 Å². The molecule has 1 aliphatic heterocycles. The number of ether oxygens (including phenoxy) is 3. The summed E-state index contributed by atoms with van der Waals surface area (Å²) in [7, 11) is 4.93. The molecule has 1 saturated heterocycles. The van der Waals surface area contributed by atoms with Crippen LogP contribution < -0.4 is 19.5 Å². The summed E-state index contributed by atoms with van der Waals surface area (Å²) in [4.78, 5) is 26.5. The fourth-order valence-electron chi connectivity index (χ4n) is 4.04. The molecule has 1 N–H and O–H groups in total. The maximum Gasteiger partial charge on any atom is 0.246 e. The van der Waals surface area contributed by atoms with E-state index < -0.39 is 0 Å². The largest absolute Gasteiger partial charge is 0.495 e. The minimum Gasteiger partial charge on any atom is -0.495 e. The normalized spacial score (nSPS) is 15.5. The fraction of sp³-hybridized carbons (Fsp3) is 0.259. The third-order valence-electron chi connectivity index (χ3n) is 5.85. The smallest absolute Gasteiger partial charge is 0.246 e. The Labute approximate surface area is 210 Å². The minimum atomic E-state index is -0.156. The Morgan fingerprint density at radius 1 is 1.17 bits per heavy atom. The van der Waals surface area contributed by atoms with Gasteiger partial charge in [0.15, 0.2) is 11.5 Å². The van der Waals surface area contributed by atoms with E-state index in [2.05, 4.69) is 26.9 Å². The first-order valence-corrected chi connectivity index (χ1v) is 11.5.